The third-order valence-electron chi connectivity index (χ3n) is 4.84. The summed E-state index contributed by atoms with van der Waals surface area (Å²) in [5, 5.41) is 2.77. The minimum Gasteiger partial charge on any atom is -0.457 e. The molecule has 150 valence electrons. The quantitative estimate of drug-likeness (QED) is 0.765. The smallest absolute Gasteiger partial charge is 0.336 e. The van der Waals surface area contributed by atoms with Gasteiger partial charge in [0.15, 0.2) is 11.5 Å². The van der Waals surface area contributed by atoms with Gasteiger partial charge in [-0.3, -0.25) is 4.79 Å². The second kappa shape index (κ2) is 7.75. The number of ether oxygens (including phenoxy) is 3. The Balaban J connectivity index is 1.59. The van der Waals surface area contributed by atoms with Crippen LogP contribution in [0.1, 0.15) is 30.4 Å². The molecule has 6 nitrogen and oxygen atoms in total. The molecule has 0 aliphatic carbocycles. The average molecular weight is 418 g/mol. The first kappa shape index (κ1) is 19.3. The summed E-state index contributed by atoms with van der Waals surface area (Å²) >= 11 is 6.18. The number of esters is 1. The molecule has 29 heavy (non-hydrogen) atoms. The molecule has 0 unspecified atom stereocenters. The van der Waals surface area contributed by atoms with Crippen LogP contribution in [0.2, 0.25) is 5.02 Å². The summed E-state index contributed by atoms with van der Waals surface area (Å²) in [6.45, 7) is 1.71. The average Bonchev–Trinajstić information content (AvgIpc) is 3.13. The molecule has 0 saturated heterocycles. The molecule has 2 heterocycles. The number of allylic oxidation sites excluding steroid dienone is 1. The van der Waals surface area contributed by atoms with Crippen molar-refractivity contribution < 1.29 is 28.2 Å². The summed E-state index contributed by atoms with van der Waals surface area (Å²) in [5.41, 5.74) is 1.32. The van der Waals surface area contributed by atoms with Gasteiger partial charge in [0.2, 0.25) is 12.7 Å². The summed E-state index contributed by atoms with van der Waals surface area (Å²) in [6, 6.07) is 9.47. The van der Waals surface area contributed by atoms with E-state index in [-0.39, 0.29) is 41.9 Å². The topological polar surface area (TPSA) is 73.9 Å². The lowest BCUT2D eigenvalue weighted by Crippen LogP contribution is -2.34. The molecule has 0 aromatic heterocycles. The van der Waals surface area contributed by atoms with Gasteiger partial charge in [0, 0.05) is 28.6 Å². The van der Waals surface area contributed by atoms with Gasteiger partial charge in [-0.15, -0.1) is 0 Å². The molecule has 0 radical (unpaired) electrons. The summed E-state index contributed by atoms with van der Waals surface area (Å²) in [5.74, 6) is -1.17. The molecule has 4 rings (SSSR count). The monoisotopic (exact) mass is 417 g/mol. The van der Waals surface area contributed by atoms with E-state index in [1.54, 1.807) is 25.1 Å². The van der Waals surface area contributed by atoms with Crippen LogP contribution >= 0.6 is 11.6 Å². The third kappa shape index (κ3) is 3.78. The maximum absolute atomic E-state index is 14.5. The fraction of sp³-hybridized carbons (Fsp3) is 0.238. The summed E-state index contributed by atoms with van der Waals surface area (Å²) in [4.78, 5) is 24.9. The van der Waals surface area contributed by atoms with Crippen LogP contribution in [0.4, 0.5) is 4.39 Å². The number of benzene rings is 2. The normalized spacial score (nSPS) is 17.9. The first-order valence-corrected chi connectivity index (χ1v) is 9.32. The van der Waals surface area contributed by atoms with Crippen LogP contribution in [-0.4, -0.2) is 18.7 Å². The largest absolute Gasteiger partial charge is 0.457 e. The zero-order chi connectivity index (χ0) is 20.5. The Labute approximate surface area is 171 Å². The number of carbonyl (C=O) groups excluding carboxylic acids is 2. The Hall–Kier alpha value is -3.06. The Bertz CT molecular complexity index is 1020. The van der Waals surface area contributed by atoms with Gasteiger partial charge in [0.1, 0.15) is 12.4 Å². The highest BCUT2D eigenvalue weighted by atomic mass is 35.5. The molecule has 0 fully saturated rings. The molecule has 1 N–H and O–H groups in total. The van der Waals surface area contributed by atoms with Crippen LogP contribution < -0.4 is 14.8 Å². The van der Waals surface area contributed by atoms with E-state index in [2.05, 4.69) is 5.32 Å². The summed E-state index contributed by atoms with van der Waals surface area (Å²) in [6.07, 6.45) is -0.105. The van der Waals surface area contributed by atoms with Gasteiger partial charge in [-0.05, 0) is 36.8 Å². The first-order valence-electron chi connectivity index (χ1n) is 8.94. The van der Waals surface area contributed by atoms with Gasteiger partial charge in [0.05, 0.1) is 5.57 Å². The molecular weight excluding hydrogens is 401 g/mol. The number of fused-ring (bicyclic) bond motifs is 1. The maximum atomic E-state index is 14.5. The van der Waals surface area contributed by atoms with E-state index in [0.29, 0.717) is 22.8 Å². The lowest BCUT2D eigenvalue weighted by molar-refractivity contribution is -0.141. The Morgan fingerprint density at radius 3 is 2.86 bits per heavy atom. The van der Waals surface area contributed by atoms with E-state index in [9.17, 15) is 14.0 Å². The highest BCUT2D eigenvalue weighted by Crippen LogP contribution is 2.39. The molecule has 8 heteroatoms. The highest BCUT2D eigenvalue weighted by Gasteiger charge is 2.35. The maximum Gasteiger partial charge on any atom is 0.336 e. The van der Waals surface area contributed by atoms with Crippen LogP contribution in [0.5, 0.6) is 11.5 Å². The van der Waals surface area contributed by atoms with Crippen molar-refractivity contribution in [2.45, 2.75) is 25.9 Å². The SMILES string of the molecule is CC1=C(C(=O)OCc2ccc3c(c2)OCO3)[C@@H](c2c(F)cccc2Cl)CC(=O)N1. The van der Waals surface area contributed by atoms with Crippen LogP contribution in [0.15, 0.2) is 47.7 Å². The van der Waals surface area contributed by atoms with Crippen molar-refractivity contribution in [1.82, 2.24) is 5.32 Å². The second-order valence-electron chi connectivity index (χ2n) is 6.74. The van der Waals surface area contributed by atoms with Gasteiger partial charge in [0.25, 0.3) is 0 Å². The van der Waals surface area contributed by atoms with Gasteiger partial charge in [-0.1, -0.05) is 23.7 Å². The summed E-state index contributed by atoms with van der Waals surface area (Å²) < 4.78 is 30.5. The predicted octanol–water partition coefficient (Wildman–Crippen LogP) is 3.83. The Morgan fingerprint density at radius 2 is 2.07 bits per heavy atom. The zero-order valence-electron chi connectivity index (χ0n) is 15.5. The van der Waals surface area contributed by atoms with Gasteiger partial charge < -0.3 is 19.5 Å². The molecule has 0 bridgehead atoms. The molecule has 1 atom stereocenters. The van der Waals surface area contributed by atoms with Crippen molar-refractivity contribution in [3.8, 4) is 11.5 Å². The molecule has 2 aromatic rings. The molecule has 0 spiro atoms. The fourth-order valence-corrected chi connectivity index (χ4v) is 3.81. The van der Waals surface area contributed by atoms with Crippen molar-refractivity contribution in [2.75, 3.05) is 6.79 Å². The van der Waals surface area contributed by atoms with Crippen LogP contribution in [0.3, 0.4) is 0 Å². The first-order chi connectivity index (χ1) is 13.9. The molecule has 0 saturated carbocycles. The number of nitrogens with one attached hydrogen (secondary N) is 1. The van der Waals surface area contributed by atoms with Gasteiger partial charge >= 0.3 is 5.97 Å². The minimum absolute atomic E-state index is 0.0159. The van der Waals surface area contributed by atoms with Crippen molar-refractivity contribution in [3.05, 3.63) is 69.6 Å². The van der Waals surface area contributed by atoms with Crippen molar-refractivity contribution in [2.24, 2.45) is 0 Å². The van der Waals surface area contributed by atoms with Crippen LogP contribution in [0.25, 0.3) is 0 Å². The Morgan fingerprint density at radius 1 is 1.28 bits per heavy atom. The summed E-state index contributed by atoms with van der Waals surface area (Å²) in [7, 11) is 0. The lowest BCUT2D eigenvalue weighted by Gasteiger charge is -2.27. The number of carbonyl (C=O) groups is 2. The van der Waals surface area contributed by atoms with E-state index in [4.69, 9.17) is 25.8 Å². The minimum atomic E-state index is -0.832. The number of hydrogen-bond donors (Lipinski definition) is 1. The zero-order valence-corrected chi connectivity index (χ0v) is 16.2. The van der Waals surface area contributed by atoms with Gasteiger partial charge in [-0.2, -0.15) is 0 Å². The molecular formula is C21H17ClFNO5. The van der Waals surface area contributed by atoms with Gasteiger partial charge in [-0.25, -0.2) is 9.18 Å². The van der Waals surface area contributed by atoms with Crippen LogP contribution in [0, 0.1) is 5.82 Å². The standard InChI is InChI=1S/C21H17ClFNO5/c1-11-19(13(8-18(25)24-11)20-14(22)3-2-4-15(20)23)21(26)27-9-12-5-6-16-17(7-12)29-10-28-16/h2-7,13H,8-10H2,1H3,(H,24,25)/t13-/m0/s1. The van der Waals surface area contributed by atoms with E-state index >= 15 is 0 Å². The van der Waals surface area contributed by atoms with E-state index < -0.39 is 17.7 Å². The molecule has 1 amide bonds. The molecule has 2 aliphatic rings. The van der Waals surface area contributed by atoms with E-state index in [1.165, 1.54) is 18.2 Å². The van der Waals surface area contributed by atoms with Crippen molar-refractivity contribution in [3.63, 3.8) is 0 Å². The second-order valence-corrected chi connectivity index (χ2v) is 7.15. The number of amides is 1. The third-order valence-corrected chi connectivity index (χ3v) is 5.17. The number of halogens is 2. The number of hydrogen-bond acceptors (Lipinski definition) is 5. The highest BCUT2D eigenvalue weighted by molar-refractivity contribution is 6.31. The molecule has 2 aromatic carbocycles. The van der Waals surface area contributed by atoms with Crippen molar-refractivity contribution in [1.29, 1.82) is 0 Å². The van der Waals surface area contributed by atoms with E-state index in [1.807, 2.05) is 0 Å². The predicted molar refractivity (Wildman–Crippen MR) is 102 cm³/mol. The number of rotatable bonds is 4. The van der Waals surface area contributed by atoms with Crippen LogP contribution in [-0.2, 0) is 20.9 Å². The van der Waals surface area contributed by atoms with E-state index in [0.717, 1.165) is 0 Å². The fourth-order valence-electron chi connectivity index (χ4n) is 3.52. The van der Waals surface area contributed by atoms with Crippen molar-refractivity contribution >= 4 is 23.5 Å². The molecule has 2 aliphatic heterocycles. The lowest BCUT2D eigenvalue weighted by atomic mass is 9.84. The Kier molecular flexibility index (Phi) is 5.15.